The Bertz CT molecular complexity index is 518. The number of aromatic carboxylic acids is 1. The fraction of sp³-hybridized carbons (Fsp3) is 0. The Morgan fingerprint density at radius 1 is 1.43 bits per heavy atom. The minimum Gasteiger partial charge on any atom is -0.476 e. The van der Waals surface area contributed by atoms with Crippen LogP contribution in [-0.4, -0.2) is 21.0 Å². The highest BCUT2D eigenvalue weighted by Gasteiger charge is 2.14. The molecule has 0 atom stereocenters. The van der Waals surface area contributed by atoms with Gasteiger partial charge >= 0.3 is 5.97 Å². The lowest BCUT2D eigenvalue weighted by molar-refractivity contribution is 0.0691. The molecule has 2 N–H and O–H groups in total. The molecule has 2 aliphatic rings. The smallest absolute Gasteiger partial charge is 0.355 e. The second-order valence-electron chi connectivity index (χ2n) is 2.76. The number of fused-ring (bicyclic) bond motifs is 1. The molecule has 5 heteroatoms. The average molecular weight is 190 g/mol. The summed E-state index contributed by atoms with van der Waals surface area (Å²) in [6.45, 7) is 0. The SMILES string of the molecule is O=C(O)c1nc[nH]c2cc(=O)ccc1-2. The second-order valence-corrected chi connectivity index (χ2v) is 2.76. The van der Waals surface area contributed by atoms with Crippen molar-refractivity contribution in [3.05, 3.63) is 40.4 Å². The number of aromatic amines is 1. The quantitative estimate of drug-likeness (QED) is 0.688. The van der Waals surface area contributed by atoms with Crippen molar-refractivity contribution in [2.75, 3.05) is 0 Å². The van der Waals surface area contributed by atoms with Gasteiger partial charge in [0.1, 0.15) is 0 Å². The first-order valence-electron chi connectivity index (χ1n) is 3.89. The van der Waals surface area contributed by atoms with Crippen molar-refractivity contribution in [3.8, 4) is 11.3 Å². The molecule has 1 heterocycles. The first kappa shape index (κ1) is 8.43. The number of nitrogens with one attached hydrogen (secondary N) is 1. The van der Waals surface area contributed by atoms with Gasteiger partial charge in [-0.15, -0.1) is 0 Å². The summed E-state index contributed by atoms with van der Waals surface area (Å²) in [6.07, 6.45) is 1.26. The first-order valence-corrected chi connectivity index (χ1v) is 3.89. The van der Waals surface area contributed by atoms with Gasteiger partial charge in [0.15, 0.2) is 11.1 Å². The Labute approximate surface area is 78.4 Å². The predicted octanol–water partition coefficient (Wildman–Crippen LogP) is 0.573. The van der Waals surface area contributed by atoms with Gasteiger partial charge in [0.25, 0.3) is 0 Å². The maximum Gasteiger partial charge on any atom is 0.355 e. The highest BCUT2D eigenvalue weighted by atomic mass is 16.4. The molecule has 5 nitrogen and oxygen atoms in total. The summed E-state index contributed by atoms with van der Waals surface area (Å²) in [5.74, 6) is -1.11. The van der Waals surface area contributed by atoms with Crippen LogP contribution in [0.3, 0.4) is 0 Å². The molecule has 0 aromatic carbocycles. The summed E-state index contributed by atoms with van der Waals surface area (Å²) < 4.78 is 0. The van der Waals surface area contributed by atoms with Crippen LogP contribution in [0.5, 0.6) is 0 Å². The number of benzene rings is 1. The predicted molar refractivity (Wildman–Crippen MR) is 48.4 cm³/mol. The lowest BCUT2D eigenvalue weighted by Crippen LogP contribution is -2.08. The molecule has 0 radical (unpaired) electrons. The number of carboxylic acids is 1. The van der Waals surface area contributed by atoms with E-state index in [0.717, 1.165) is 0 Å². The molecule has 0 spiro atoms. The van der Waals surface area contributed by atoms with E-state index in [4.69, 9.17) is 5.11 Å². The van der Waals surface area contributed by atoms with E-state index in [0.29, 0.717) is 11.3 Å². The lowest BCUT2D eigenvalue weighted by Gasteiger charge is -2.05. The highest BCUT2D eigenvalue weighted by Crippen LogP contribution is 2.18. The number of aromatic nitrogens is 2. The van der Waals surface area contributed by atoms with E-state index in [2.05, 4.69) is 9.97 Å². The lowest BCUT2D eigenvalue weighted by atomic mass is 10.1. The van der Waals surface area contributed by atoms with Crippen molar-refractivity contribution in [2.24, 2.45) is 0 Å². The maximum absolute atomic E-state index is 11.0. The molecule has 70 valence electrons. The summed E-state index contributed by atoms with van der Waals surface area (Å²) in [7, 11) is 0. The third-order valence-corrected chi connectivity index (χ3v) is 1.86. The Hall–Kier alpha value is -2.17. The third-order valence-electron chi connectivity index (χ3n) is 1.86. The molecular weight excluding hydrogens is 184 g/mol. The van der Waals surface area contributed by atoms with Gasteiger partial charge in [-0.2, -0.15) is 0 Å². The molecule has 0 aromatic heterocycles. The number of nitrogens with zero attached hydrogens (tertiary/aromatic N) is 1. The number of hydrogen-bond donors (Lipinski definition) is 2. The zero-order chi connectivity index (χ0) is 10.1. The van der Waals surface area contributed by atoms with E-state index in [-0.39, 0.29) is 11.1 Å². The molecule has 1 aliphatic heterocycles. The summed E-state index contributed by atoms with van der Waals surface area (Å²) in [4.78, 5) is 28.1. The van der Waals surface area contributed by atoms with Gasteiger partial charge in [-0.3, -0.25) is 4.79 Å². The number of rotatable bonds is 1. The molecule has 0 saturated carbocycles. The zero-order valence-corrected chi connectivity index (χ0v) is 7.02. The molecule has 0 bridgehead atoms. The van der Waals surface area contributed by atoms with Crippen molar-refractivity contribution in [1.82, 2.24) is 9.97 Å². The van der Waals surface area contributed by atoms with Gasteiger partial charge in [0.05, 0.1) is 12.0 Å². The fourth-order valence-corrected chi connectivity index (χ4v) is 1.26. The second kappa shape index (κ2) is 2.95. The van der Waals surface area contributed by atoms with E-state index in [1.165, 1.54) is 24.5 Å². The number of carboxylic acid groups (broad SMARTS) is 1. The molecule has 2 rings (SSSR count). The summed E-state index contributed by atoms with van der Waals surface area (Å²) >= 11 is 0. The van der Waals surface area contributed by atoms with Crippen molar-refractivity contribution in [3.63, 3.8) is 0 Å². The van der Waals surface area contributed by atoms with Crippen LogP contribution in [-0.2, 0) is 0 Å². The van der Waals surface area contributed by atoms with Crippen LogP contribution in [0, 0.1) is 0 Å². The van der Waals surface area contributed by atoms with Crippen LogP contribution in [0.25, 0.3) is 11.3 Å². The zero-order valence-electron chi connectivity index (χ0n) is 7.02. The largest absolute Gasteiger partial charge is 0.476 e. The minimum atomic E-state index is -1.11. The molecule has 0 unspecified atom stereocenters. The van der Waals surface area contributed by atoms with E-state index in [9.17, 15) is 9.59 Å². The monoisotopic (exact) mass is 190 g/mol. The number of carbonyl (C=O) groups is 1. The van der Waals surface area contributed by atoms with Crippen molar-refractivity contribution in [2.45, 2.75) is 0 Å². The molecule has 0 aromatic rings. The molecule has 14 heavy (non-hydrogen) atoms. The molecule has 0 amide bonds. The molecular formula is C9H6N2O3. The van der Waals surface area contributed by atoms with E-state index < -0.39 is 5.97 Å². The van der Waals surface area contributed by atoms with Crippen molar-refractivity contribution < 1.29 is 9.90 Å². The molecule has 1 aliphatic carbocycles. The van der Waals surface area contributed by atoms with Crippen LogP contribution >= 0.6 is 0 Å². The topological polar surface area (TPSA) is 83.0 Å². The summed E-state index contributed by atoms with van der Waals surface area (Å²) in [5, 5.41) is 8.80. The van der Waals surface area contributed by atoms with Crippen LogP contribution in [0.15, 0.2) is 29.3 Å². The summed E-state index contributed by atoms with van der Waals surface area (Å²) in [5.41, 5.74) is 0.680. The Morgan fingerprint density at radius 3 is 2.93 bits per heavy atom. The first-order chi connectivity index (χ1) is 6.68. The fourth-order valence-electron chi connectivity index (χ4n) is 1.26. The normalized spacial score (nSPS) is 10.3. The van der Waals surface area contributed by atoms with E-state index in [1.54, 1.807) is 0 Å². The molecule has 0 saturated heterocycles. The Morgan fingerprint density at radius 2 is 2.21 bits per heavy atom. The number of hydrogen-bond acceptors (Lipinski definition) is 3. The van der Waals surface area contributed by atoms with E-state index >= 15 is 0 Å². The van der Waals surface area contributed by atoms with Crippen molar-refractivity contribution in [1.29, 1.82) is 0 Å². The van der Waals surface area contributed by atoms with Gasteiger partial charge in [-0.05, 0) is 12.1 Å². The van der Waals surface area contributed by atoms with Gasteiger partial charge in [0.2, 0.25) is 0 Å². The van der Waals surface area contributed by atoms with Gasteiger partial charge < -0.3 is 10.1 Å². The van der Waals surface area contributed by atoms with Crippen LogP contribution in [0.4, 0.5) is 0 Å². The third kappa shape index (κ3) is 1.24. The minimum absolute atomic E-state index is 0.0567. The molecule has 0 fully saturated rings. The Balaban J connectivity index is 2.79. The summed E-state index contributed by atoms with van der Waals surface area (Å²) in [6, 6.07) is 4.10. The van der Waals surface area contributed by atoms with Gasteiger partial charge in [0, 0.05) is 11.6 Å². The average Bonchev–Trinajstić information content (AvgIpc) is 2.16. The van der Waals surface area contributed by atoms with Gasteiger partial charge in [-0.1, -0.05) is 0 Å². The van der Waals surface area contributed by atoms with Gasteiger partial charge in [-0.25, -0.2) is 9.78 Å². The van der Waals surface area contributed by atoms with Crippen LogP contribution in [0.2, 0.25) is 0 Å². The number of H-pyrrole nitrogens is 1. The standard InChI is InChI=1S/C9H6N2O3/c12-5-1-2-6-7(3-5)10-4-11-8(6)9(13)14/h1-4H,(H,10,11)(H,13,14). The Kier molecular flexibility index (Phi) is 1.78. The van der Waals surface area contributed by atoms with Crippen LogP contribution in [0.1, 0.15) is 10.5 Å². The van der Waals surface area contributed by atoms with Crippen molar-refractivity contribution >= 4 is 5.97 Å². The van der Waals surface area contributed by atoms with E-state index in [1.807, 2.05) is 0 Å². The highest BCUT2D eigenvalue weighted by molar-refractivity contribution is 5.93. The van der Waals surface area contributed by atoms with Crippen LogP contribution < -0.4 is 5.43 Å². The maximum atomic E-state index is 11.0.